The van der Waals surface area contributed by atoms with E-state index in [9.17, 15) is 4.79 Å². The fraction of sp³-hybridized carbons (Fsp3) is 0.412. The van der Waals surface area contributed by atoms with E-state index in [0.29, 0.717) is 13.1 Å². The van der Waals surface area contributed by atoms with Crippen LogP contribution in [0.15, 0.2) is 42.7 Å². The number of carbonyl (C=O) groups is 1. The standard InChI is InChI=1S/C17H21N3O2/c1-13-8-18-20(9-13)12-17(21)19-10-14(2)22-16(11-19)15-6-4-3-5-7-15/h3-9,14,16H,10-12H2,1-2H3/t14-,16+/m0/s1. The Kier molecular flexibility index (Phi) is 4.24. The molecule has 1 saturated heterocycles. The number of carbonyl (C=O) groups excluding carboxylic acids is 1. The van der Waals surface area contributed by atoms with E-state index < -0.39 is 0 Å². The van der Waals surface area contributed by atoms with Crippen LogP contribution in [-0.2, 0) is 16.1 Å². The molecule has 0 spiro atoms. The van der Waals surface area contributed by atoms with Crippen molar-refractivity contribution in [3.8, 4) is 0 Å². The Labute approximate surface area is 130 Å². The number of amides is 1. The van der Waals surface area contributed by atoms with Crippen molar-refractivity contribution >= 4 is 5.91 Å². The number of morpholine rings is 1. The van der Waals surface area contributed by atoms with E-state index in [1.807, 2.05) is 55.3 Å². The Morgan fingerprint density at radius 3 is 2.77 bits per heavy atom. The molecule has 0 saturated carbocycles. The highest BCUT2D eigenvalue weighted by Crippen LogP contribution is 2.25. The zero-order valence-corrected chi connectivity index (χ0v) is 13.0. The van der Waals surface area contributed by atoms with Gasteiger partial charge in [-0.3, -0.25) is 9.48 Å². The van der Waals surface area contributed by atoms with Gasteiger partial charge in [-0.05, 0) is 25.0 Å². The summed E-state index contributed by atoms with van der Waals surface area (Å²) in [5.41, 5.74) is 2.17. The topological polar surface area (TPSA) is 47.4 Å². The van der Waals surface area contributed by atoms with E-state index in [4.69, 9.17) is 4.74 Å². The van der Waals surface area contributed by atoms with Gasteiger partial charge in [0.15, 0.2) is 0 Å². The van der Waals surface area contributed by atoms with E-state index in [1.165, 1.54) is 0 Å². The van der Waals surface area contributed by atoms with Crippen molar-refractivity contribution in [2.75, 3.05) is 13.1 Å². The molecule has 1 aliphatic rings. The molecule has 5 nitrogen and oxygen atoms in total. The summed E-state index contributed by atoms with van der Waals surface area (Å²) < 4.78 is 7.68. The average molecular weight is 299 g/mol. The summed E-state index contributed by atoms with van der Waals surface area (Å²) >= 11 is 0. The van der Waals surface area contributed by atoms with Crippen molar-refractivity contribution in [3.05, 3.63) is 53.9 Å². The summed E-state index contributed by atoms with van der Waals surface area (Å²) in [6.45, 7) is 5.47. The minimum atomic E-state index is -0.0618. The molecule has 0 radical (unpaired) electrons. The molecule has 1 aromatic heterocycles. The Balaban J connectivity index is 1.69. The van der Waals surface area contributed by atoms with Gasteiger partial charge in [0.25, 0.3) is 0 Å². The van der Waals surface area contributed by atoms with Crippen LogP contribution in [0.5, 0.6) is 0 Å². The maximum Gasteiger partial charge on any atom is 0.244 e. The maximum atomic E-state index is 12.5. The number of hydrogen-bond acceptors (Lipinski definition) is 3. The molecule has 0 N–H and O–H groups in total. The van der Waals surface area contributed by atoms with Gasteiger partial charge in [-0.2, -0.15) is 5.10 Å². The predicted molar refractivity (Wildman–Crippen MR) is 83.3 cm³/mol. The lowest BCUT2D eigenvalue weighted by Crippen LogP contribution is -2.47. The molecule has 0 aliphatic carbocycles. The van der Waals surface area contributed by atoms with Crippen molar-refractivity contribution in [1.82, 2.24) is 14.7 Å². The van der Waals surface area contributed by atoms with Crippen molar-refractivity contribution in [3.63, 3.8) is 0 Å². The van der Waals surface area contributed by atoms with Gasteiger partial charge in [0.1, 0.15) is 12.6 Å². The summed E-state index contributed by atoms with van der Waals surface area (Å²) in [5.74, 6) is 0.0826. The predicted octanol–water partition coefficient (Wildman–Crippen LogP) is 2.18. The lowest BCUT2D eigenvalue weighted by Gasteiger charge is -2.37. The molecule has 2 atom stereocenters. The third-order valence-electron chi connectivity index (χ3n) is 3.84. The second kappa shape index (κ2) is 6.32. The first-order chi connectivity index (χ1) is 10.6. The van der Waals surface area contributed by atoms with Crippen molar-refractivity contribution in [1.29, 1.82) is 0 Å². The smallest absolute Gasteiger partial charge is 0.244 e. The number of ether oxygens (including phenoxy) is 1. The summed E-state index contributed by atoms with van der Waals surface area (Å²) in [7, 11) is 0. The van der Waals surface area contributed by atoms with Crippen LogP contribution in [0.4, 0.5) is 0 Å². The van der Waals surface area contributed by atoms with Crippen molar-refractivity contribution in [2.24, 2.45) is 0 Å². The first-order valence-corrected chi connectivity index (χ1v) is 7.59. The summed E-state index contributed by atoms with van der Waals surface area (Å²) in [4.78, 5) is 14.4. The lowest BCUT2D eigenvalue weighted by atomic mass is 10.1. The molecular weight excluding hydrogens is 278 g/mol. The van der Waals surface area contributed by atoms with Gasteiger partial charge in [-0.15, -0.1) is 0 Å². The summed E-state index contributed by atoms with van der Waals surface area (Å²) in [5, 5.41) is 4.18. The molecular formula is C17H21N3O2. The quantitative estimate of drug-likeness (QED) is 0.873. The fourth-order valence-electron chi connectivity index (χ4n) is 2.80. The van der Waals surface area contributed by atoms with Crippen LogP contribution >= 0.6 is 0 Å². The Hall–Kier alpha value is -2.14. The normalized spacial score (nSPS) is 21.8. The van der Waals surface area contributed by atoms with Gasteiger partial charge in [-0.25, -0.2) is 0 Å². The molecule has 1 aliphatic heterocycles. The molecule has 1 aromatic carbocycles. The average Bonchev–Trinajstić information content (AvgIpc) is 2.92. The largest absolute Gasteiger partial charge is 0.367 e. The monoisotopic (exact) mass is 299 g/mol. The van der Waals surface area contributed by atoms with Crippen LogP contribution in [0.2, 0.25) is 0 Å². The molecule has 116 valence electrons. The zero-order valence-electron chi connectivity index (χ0n) is 13.0. The zero-order chi connectivity index (χ0) is 15.5. The third-order valence-corrected chi connectivity index (χ3v) is 3.84. The highest BCUT2D eigenvalue weighted by molar-refractivity contribution is 5.76. The Morgan fingerprint density at radius 2 is 2.09 bits per heavy atom. The molecule has 1 amide bonds. The van der Waals surface area contributed by atoms with Crippen molar-refractivity contribution in [2.45, 2.75) is 32.6 Å². The minimum Gasteiger partial charge on any atom is -0.367 e. The highest BCUT2D eigenvalue weighted by Gasteiger charge is 2.29. The first-order valence-electron chi connectivity index (χ1n) is 7.59. The van der Waals surface area contributed by atoms with Gasteiger partial charge in [0, 0.05) is 12.7 Å². The summed E-state index contributed by atoms with van der Waals surface area (Å²) in [6.07, 6.45) is 3.62. The van der Waals surface area contributed by atoms with Crippen molar-refractivity contribution < 1.29 is 9.53 Å². The van der Waals surface area contributed by atoms with Gasteiger partial charge >= 0.3 is 0 Å². The number of benzene rings is 1. The first kappa shape index (κ1) is 14.8. The number of nitrogens with zero attached hydrogens (tertiary/aromatic N) is 3. The third kappa shape index (κ3) is 3.36. The molecule has 3 rings (SSSR count). The van der Waals surface area contributed by atoms with E-state index in [0.717, 1.165) is 11.1 Å². The highest BCUT2D eigenvalue weighted by atomic mass is 16.5. The molecule has 2 aromatic rings. The molecule has 1 fully saturated rings. The Bertz CT molecular complexity index is 638. The van der Waals surface area contributed by atoms with Gasteiger partial charge in [0.2, 0.25) is 5.91 Å². The van der Waals surface area contributed by atoms with E-state index >= 15 is 0 Å². The number of hydrogen-bond donors (Lipinski definition) is 0. The van der Waals surface area contributed by atoms with Crippen LogP contribution in [0, 0.1) is 6.92 Å². The van der Waals surface area contributed by atoms with Gasteiger partial charge in [-0.1, -0.05) is 30.3 Å². The van der Waals surface area contributed by atoms with Crippen LogP contribution < -0.4 is 0 Å². The summed E-state index contributed by atoms with van der Waals surface area (Å²) in [6, 6.07) is 10.1. The van der Waals surface area contributed by atoms with Gasteiger partial charge < -0.3 is 9.64 Å². The lowest BCUT2D eigenvalue weighted by molar-refractivity contribution is -0.145. The SMILES string of the molecule is Cc1cnn(CC(=O)N2C[C@H](C)O[C@@H](c3ccccc3)C2)c1. The molecule has 22 heavy (non-hydrogen) atoms. The van der Waals surface area contributed by atoms with Crippen LogP contribution in [0.1, 0.15) is 24.2 Å². The number of rotatable bonds is 3. The van der Waals surface area contributed by atoms with Crippen LogP contribution in [-0.4, -0.2) is 39.8 Å². The van der Waals surface area contributed by atoms with Crippen LogP contribution in [0.25, 0.3) is 0 Å². The fourth-order valence-corrected chi connectivity index (χ4v) is 2.80. The second-order valence-corrected chi connectivity index (χ2v) is 5.86. The van der Waals surface area contributed by atoms with Gasteiger partial charge in [0.05, 0.1) is 18.8 Å². The van der Waals surface area contributed by atoms with E-state index in [1.54, 1.807) is 10.9 Å². The molecule has 0 unspecified atom stereocenters. The van der Waals surface area contributed by atoms with E-state index in [-0.39, 0.29) is 24.7 Å². The molecule has 5 heteroatoms. The molecule has 0 bridgehead atoms. The second-order valence-electron chi connectivity index (χ2n) is 5.86. The van der Waals surface area contributed by atoms with Crippen LogP contribution in [0.3, 0.4) is 0 Å². The Morgan fingerprint density at radius 1 is 1.32 bits per heavy atom. The number of aryl methyl sites for hydroxylation is 1. The maximum absolute atomic E-state index is 12.5. The number of aromatic nitrogens is 2. The van der Waals surface area contributed by atoms with E-state index in [2.05, 4.69) is 5.10 Å². The minimum absolute atomic E-state index is 0.0299. The molecule has 2 heterocycles.